The van der Waals surface area contributed by atoms with Gasteiger partial charge in [-0.2, -0.15) is 0 Å². The Morgan fingerprint density at radius 2 is 1.69 bits per heavy atom. The molecule has 188 valence electrons. The number of carbonyl (C=O) groups is 1. The summed E-state index contributed by atoms with van der Waals surface area (Å²) in [6.45, 7) is 5.17. The van der Waals surface area contributed by atoms with Crippen LogP contribution in [0.4, 0.5) is 4.39 Å². The Morgan fingerprint density at radius 1 is 0.944 bits per heavy atom. The van der Waals surface area contributed by atoms with E-state index in [1.165, 1.54) is 12.1 Å². The van der Waals surface area contributed by atoms with Crippen LogP contribution >= 0.6 is 0 Å². The van der Waals surface area contributed by atoms with E-state index >= 15 is 0 Å². The van der Waals surface area contributed by atoms with Crippen LogP contribution in [0.5, 0.6) is 17.2 Å². The maximum absolute atomic E-state index is 13.4. The van der Waals surface area contributed by atoms with E-state index in [9.17, 15) is 9.18 Å². The lowest BCUT2D eigenvalue weighted by Gasteiger charge is -2.32. The van der Waals surface area contributed by atoms with Crippen molar-refractivity contribution in [1.82, 2.24) is 15.1 Å². The van der Waals surface area contributed by atoms with Gasteiger partial charge in [-0.15, -0.1) is 0 Å². The number of ether oxygens (including phenoxy) is 3. The lowest BCUT2D eigenvalue weighted by Crippen LogP contribution is -2.43. The molecule has 0 aliphatic carbocycles. The van der Waals surface area contributed by atoms with Crippen LogP contribution in [0.15, 0.2) is 60.7 Å². The fourth-order valence-electron chi connectivity index (χ4n) is 4.36. The highest BCUT2D eigenvalue weighted by atomic mass is 19.1. The molecule has 1 saturated heterocycles. The summed E-state index contributed by atoms with van der Waals surface area (Å²) in [5, 5.41) is 2.90. The summed E-state index contributed by atoms with van der Waals surface area (Å²) in [6.07, 6.45) is 0. The highest BCUT2D eigenvalue weighted by Crippen LogP contribution is 2.32. The van der Waals surface area contributed by atoms with Gasteiger partial charge in [0.2, 0.25) is 6.79 Å². The summed E-state index contributed by atoms with van der Waals surface area (Å²) in [6, 6.07) is 18.0. The predicted octanol–water partition coefficient (Wildman–Crippen LogP) is 3.66. The number of benzene rings is 3. The zero-order valence-corrected chi connectivity index (χ0v) is 20.3. The summed E-state index contributed by atoms with van der Waals surface area (Å²) < 4.78 is 30.1. The highest BCUT2D eigenvalue weighted by Gasteiger charge is 2.18. The largest absolute Gasteiger partial charge is 0.483 e. The number of rotatable bonds is 8. The van der Waals surface area contributed by atoms with Crippen molar-refractivity contribution < 1.29 is 23.4 Å². The number of piperazine rings is 1. The molecule has 3 aromatic rings. The average Bonchev–Trinajstić information content (AvgIpc) is 3.36. The second kappa shape index (κ2) is 11.0. The molecule has 0 aromatic heterocycles. The van der Waals surface area contributed by atoms with Crippen LogP contribution in [-0.4, -0.2) is 62.3 Å². The SMILES string of the molecule is CN1CCN(Cc2cc(-c3ccc(F)cc3)ccc2OCC(=O)NCc2ccc3c(c2)OCO3)CC1. The van der Waals surface area contributed by atoms with E-state index in [0.29, 0.717) is 23.8 Å². The molecule has 0 radical (unpaired) electrons. The molecule has 1 amide bonds. The number of fused-ring (bicyclic) bond motifs is 1. The minimum absolute atomic E-state index is 0.0871. The number of halogens is 1. The zero-order valence-electron chi connectivity index (χ0n) is 20.3. The Hall–Kier alpha value is -3.62. The molecule has 2 aliphatic rings. The first-order chi connectivity index (χ1) is 17.5. The van der Waals surface area contributed by atoms with Crippen LogP contribution < -0.4 is 19.5 Å². The Bertz CT molecular complexity index is 1210. The van der Waals surface area contributed by atoms with E-state index in [2.05, 4.69) is 28.2 Å². The van der Waals surface area contributed by atoms with Gasteiger partial charge in [-0.1, -0.05) is 24.3 Å². The number of hydrogen-bond acceptors (Lipinski definition) is 6. The number of carbonyl (C=O) groups excluding carboxylic acids is 1. The molecule has 5 rings (SSSR count). The summed E-state index contributed by atoms with van der Waals surface area (Å²) >= 11 is 0. The molecule has 0 unspecified atom stereocenters. The number of hydrogen-bond donors (Lipinski definition) is 1. The Morgan fingerprint density at radius 3 is 2.50 bits per heavy atom. The van der Waals surface area contributed by atoms with Gasteiger partial charge in [0, 0.05) is 44.8 Å². The van der Waals surface area contributed by atoms with E-state index < -0.39 is 0 Å². The van der Waals surface area contributed by atoms with Crippen molar-refractivity contribution in [1.29, 1.82) is 0 Å². The minimum Gasteiger partial charge on any atom is -0.483 e. The number of nitrogens with one attached hydrogen (secondary N) is 1. The van der Waals surface area contributed by atoms with E-state index in [0.717, 1.165) is 55.0 Å². The van der Waals surface area contributed by atoms with Crippen LogP contribution in [0.2, 0.25) is 0 Å². The van der Waals surface area contributed by atoms with Crippen LogP contribution in [0.25, 0.3) is 11.1 Å². The molecule has 36 heavy (non-hydrogen) atoms. The van der Waals surface area contributed by atoms with Crippen LogP contribution in [0, 0.1) is 5.82 Å². The molecule has 0 bridgehead atoms. The molecule has 0 atom stereocenters. The van der Waals surface area contributed by atoms with Gasteiger partial charge >= 0.3 is 0 Å². The van der Waals surface area contributed by atoms with Gasteiger partial charge in [0.25, 0.3) is 5.91 Å². The third-order valence-electron chi connectivity index (χ3n) is 6.51. The van der Waals surface area contributed by atoms with Crippen molar-refractivity contribution in [3.63, 3.8) is 0 Å². The predicted molar refractivity (Wildman–Crippen MR) is 135 cm³/mol. The molecule has 0 saturated carbocycles. The maximum atomic E-state index is 13.4. The summed E-state index contributed by atoms with van der Waals surface area (Å²) in [5.74, 6) is 1.61. The monoisotopic (exact) mass is 491 g/mol. The molecule has 3 aromatic carbocycles. The van der Waals surface area contributed by atoms with Gasteiger partial charge in [0.05, 0.1) is 0 Å². The third kappa shape index (κ3) is 5.95. The van der Waals surface area contributed by atoms with Gasteiger partial charge in [0.1, 0.15) is 11.6 Å². The van der Waals surface area contributed by atoms with Gasteiger partial charge in [-0.3, -0.25) is 9.69 Å². The lowest BCUT2D eigenvalue weighted by molar-refractivity contribution is -0.123. The first-order valence-electron chi connectivity index (χ1n) is 12.1. The van der Waals surface area contributed by atoms with Crippen molar-refractivity contribution in [3.8, 4) is 28.4 Å². The van der Waals surface area contributed by atoms with Gasteiger partial charge in [0.15, 0.2) is 18.1 Å². The van der Waals surface area contributed by atoms with Crippen LogP contribution in [-0.2, 0) is 17.9 Å². The van der Waals surface area contributed by atoms with Crippen molar-refractivity contribution in [2.45, 2.75) is 13.1 Å². The second-order valence-corrected chi connectivity index (χ2v) is 9.16. The minimum atomic E-state index is -0.261. The third-order valence-corrected chi connectivity index (χ3v) is 6.51. The molecule has 8 heteroatoms. The van der Waals surface area contributed by atoms with Crippen LogP contribution in [0.1, 0.15) is 11.1 Å². The second-order valence-electron chi connectivity index (χ2n) is 9.16. The molecular formula is C28H30FN3O4. The van der Waals surface area contributed by atoms with Crippen LogP contribution in [0.3, 0.4) is 0 Å². The fourth-order valence-corrected chi connectivity index (χ4v) is 4.36. The van der Waals surface area contributed by atoms with E-state index in [1.54, 1.807) is 12.1 Å². The van der Waals surface area contributed by atoms with E-state index in [-0.39, 0.29) is 25.1 Å². The summed E-state index contributed by atoms with van der Waals surface area (Å²) in [5.41, 5.74) is 3.85. The maximum Gasteiger partial charge on any atom is 0.258 e. The van der Waals surface area contributed by atoms with Crippen molar-refractivity contribution in [3.05, 3.63) is 77.6 Å². The Labute approximate surface area is 210 Å². The van der Waals surface area contributed by atoms with Crippen molar-refractivity contribution in [2.75, 3.05) is 46.6 Å². The smallest absolute Gasteiger partial charge is 0.258 e. The molecule has 1 N–H and O–H groups in total. The standard InChI is InChI=1S/C28H30FN3O4/c1-31-10-12-32(13-11-31)17-23-15-22(21-3-6-24(29)7-4-21)5-9-25(23)34-18-28(33)30-16-20-2-8-26-27(14-20)36-19-35-26/h2-9,14-15H,10-13,16-19H2,1H3,(H,30,33). The van der Waals surface area contributed by atoms with Crippen molar-refractivity contribution >= 4 is 5.91 Å². The Balaban J connectivity index is 1.24. The first kappa shape index (κ1) is 24.1. The molecule has 2 heterocycles. The highest BCUT2D eigenvalue weighted by molar-refractivity contribution is 5.77. The number of nitrogens with zero attached hydrogens (tertiary/aromatic N) is 2. The normalized spacial score (nSPS) is 15.6. The van der Waals surface area contributed by atoms with E-state index in [1.807, 2.05) is 30.3 Å². The fraction of sp³-hybridized carbons (Fsp3) is 0.321. The molecule has 2 aliphatic heterocycles. The quantitative estimate of drug-likeness (QED) is 0.519. The lowest BCUT2D eigenvalue weighted by atomic mass is 10.0. The Kier molecular flexibility index (Phi) is 7.34. The summed E-state index contributed by atoms with van der Waals surface area (Å²) in [7, 11) is 2.13. The van der Waals surface area contributed by atoms with E-state index in [4.69, 9.17) is 14.2 Å². The topological polar surface area (TPSA) is 63.3 Å². The van der Waals surface area contributed by atoms with Gasteiger partial charge in [-0.25, -0.2) is 4.39 Å². The van der Waals surface area contributed by atoms with Crippen molar-refractivity contribution in [2.24, 2.45) is 0 Å². The number of likely N-dealkylation sites (N-methyl/N-ethyl adjacent to an activating group) is 1. The van der Waals surface area contributed by atoms with Gasteiger partial charge < -0.3 is 24.4 Å². The zero-order chi connectivity index (χ0) is 24.9. The molecule has 0 spiro atoms. The average molecular weight is 492 g/mol. The van der Waals surface area contributed by atoms with Gasteiger partial charge in [-0.05, 0) is 60.1 Å². The first-order valence-corrected chi connectivity index (χ1v) is 12.1. The molecule has 7 nitrogen and oxygen atoms in total. The summed E-state index contributed by atoms with van der Waals surface area (Å²) in [4.78, 5) is 17.2. The molecular weight excluding hydrogens is 461 g/mol. The molecule has 1 fully saturated rings. The number of amides is 1.